The highest BCUT2D eigenvalue weighted by Gasteiger charge is 2.22. The smallest absolute Gasteiger partial charge is 0.118 e. The first kappa shape index (κ1) is 14.1. The van der Waals surface area contributed by atoms with Gasteiger partial charge in [-0.3, -0.25) is 9.36 Å². The van der Waals surface area contributed by atoms with E-state index in [0.717, 1.165) is 35.9 Å². The Morgan fingerprint density at radius 3 is 2.30 bits per heavy atom. The number of rotatable bonds is 6. The molecule has 118 valence electrons. The molecule has 2 heterocycles. The zero-order chi connectivity index (χ0) is 15.6. The van der Waals surface area contributed by atoms with Gasteiger partial charge in [0.1, 0.15) is 5.75 Å². The van der Waals surface area contributed by atoms with Crippen LogP contribution in [-0.2, 0) is 13.1 Å². The Kier molecular flexibility index (Phi) is 3.61. The third-order valence-electron chi connectivity index (χ3n) is 4.25. The van der Waals surface area contributed by atoms with Crippen LogP contribution in [0.2, 0.25) is 0 Å². The van der Waals surface area contributed by atoms with Crippen LogP contribution in [0.4, 0.5) is 0 Å². The Balaban J connectivity index is 1.45. The number of methoxy groups -OCH3 is 1. The number of hydrogen-bond acceptors (Lipinski definition) is 3. The third-order valence-corrected chi connectivity index (χ3v) is 4.25. The quantitative estimate of drug-likeness (QED) is 0.702. The van der Waals surface area contributed by atoms with E-state index in [9.17, 15) is 0 Å². The average Bonchev–Trinajstić information content (AvgIpc) is 3.07. The summed E-state index contributed by atoms with van der Waals surface area (Å²) in [5.74, 6) is 1.71. The zero-order valence-electron chi connectivity index (χ0n) is 13.2. The fraction of sp³-hybridized carbons (Fsp3) is 0.333. The second-order valence-corrected chi connectivity index (χ2v) is 6.17. The van der Waals surface area contributed by atoms with Crippen molar-refractivity contribution in [1.29, 1.82) is 0 Å². The molecule has 3 aromatic rings. The minimum Gasteiger partial charge on any atom is -0.497 e. The summed E-state index contributed by atoms with van der Waals surface area (Å²) in [7, 11) is 1.68. The Labute approximate surface area is 135 Å². The van der Waals surface area contributed by atoms with Gasteiger partial charge in [-0.15, -0.1) is 0 Å². The summed E-state index contributed by atoms with van der Waals surface area (Å²) in [6, 6.07) is 8.07. The summed E-state index contributed by atoms with van der Waals surface area (Å²) in [5.41, 5.74) is 3.44. The molecule has 0 bridgehead atoms. The maximum Gasteiger partial charge on any atom is 0.118 e. The largest absolute Gasteiger partial charge is 0.497 e. The van der Waals surface area contributed by atoms with Gasteiger partial charge in [0, 0.05) is 30.1 Å². The van der Waals surface area contributed by atoms with Crippen LogP contribution in [0.25, 0.3) is 11.1 Å². The Hall–Kier alpha value is -2.56. The molecule has 1 saturated carbocycles. The predicted molar refractivity (Wildman–Crippen MR) is 88.3 cm³/mol. The minimum atomic E-state index is 0.750. The van der Waals surface area contributed by atoms with Crippen molar-refractivity contribution < 1.29 is 4.74 Å². The van der Waals surface area contributed by atoms with Crippen molar-refractivity contribution in [2.24, 2.45) is 5.92 Å². The normalized spacial score (nSPS) is 14.1. The second-order valence-electron chi connectivity index (χ2n) is 6.17. The Morgan fingerprint density at radius 1 is 1.00 bits per heavy atom. The van der Waals surface area contributed by atoms with Crippen molar-refractivity contribution in [3.63, 3.8) is 0 Å². The average molecular weight is 308 g/mol. The Morgan fingerprint density at radius 2 is 1.65 bits per heavy atom. The highest BCUT2D eigenvalue weighted by Crippen LogP contribution is 2.30. The number of ether oxygens (including phenoxy) is 1. The number of aromatic nitrogens is 4. The number of nitrogens with zero attached hydrogens (tertiary/aromatic N) is 4. The van der Waals surface area contributed by atoms with Gasteiger partial charge >= 0.3 is 0 Å². The molecule has 0 atom stereocenters. The molecule has 0 N–H and O–H groups in total. The summed E-state index contributed by atoms with van der Waals surface area (Å²) in [6.45, 7) is 1.79. The molecule has 23 heavy (non-hydrogen) atoms. The van der Waals surface area contributed by atoms with E-state index in [1.807, 2.05) is 33.9 Å². The molecule has 0 spiro atoms. The fourth-order valence-corrected chi connectivity index (χ4v) is 2.69. The molecule has 1 fully saturated rings. The molecule has 2 aromatic heterocycles. The first-order valence-electron chi connectivity index (χ1n) is 7.98. The molecule has 4 rings (SSSR count). The molecular weight excluding hydrogens is 288 g/mol. The van der Waals surface area contributed by atoms with Gasteiger partial charge in [-0.05, 0) is 36.5 Å². The van der Waals surface area contributed by atoms with Crippen LogP contribution in [-0.4, -0.2) is 26.7 Å². The van der Waals surface area contributed by atoms with E-state index in [1.54, 1.807) is 7.11 Å². The SMILES string of the molecule is COc1ccc(Cn2cc(-c3cnn(CC4CC4)c3)cn2)cc1. The van der Waals surface area contributed by atoms with Crippen LogP contribution < -0.4 is 4.74 Å². The summed E-state index contributed by atoms with van der Waals surface area (Å²) < 4.78 is 9.19. The van der Waals surface area contributed by atoms with Gasteiger partial charge in [-0.1, -0.05) is 12.1 Å². The molecule has 0 amide bonds. The van der Waals surface area contributed by atoms with E-state index >= 15 is 0 Å². The van der Waals surface area contributed by atoms with Crippen molar-refractivity contribution in [3.8, 4) is 16.9 Å². The topological polar surface area (TPSA) is 44.9 Å². The lowest BCUT2D eigenvalue weighted by Gasteiger charge is -2.03. The van der Waals surface area contributed by atoms with E-state index in [-0.39, 0.29) is 0 Å². The lowest BCUT2D eigenvalue weighted by Crippen LogP contribution is -1.99. The van der Waals surface area contributed by atoms with Gasteiger partial charge in [0.25, 0.3) is 0 Å². The van der Waals surface area contributed by atoms with Gasteiger partial charge in [0.15, 0.2) is 0 Å². The van der Waals surface area contributed by atoms with Crippen molar-refractivity contribution in [2.75, 3.05) is 7.11 Å². The van der Waals surface area contributed by atoms with Crippen LogP contribution >= 0.6 is 0 Å². The van der Waals surface area contributed by atoms with E-state index in [4.69, 9.17) is 4.74 Å². The van der Waals surface area contributed by atoms with Gasteiger partial charge in [0.2, 0.25) is 0 Å². The third kappa shape index (κ3) is 3.28. The predicted octanol–water partition coefficient (Wildman–Crippen LogP) is 3.21. The molecule has 1 aliphatic carbocycles. The van der Waals surface area contributed by atoms with E-state index in [1.165, 1.54) is 18.4 Å². The molecule has 0 saturated heterocycles. The first-order chi connectivity index (χ1) is 11.3. The molecule has 1 aliphatic rings. The molecule has 0 unspecified atom stereocenters. The maximum atomic E-state index is 5.18. The molecule has 0 aliphatic heterocycles. The van der Waals surface area contributed by atoms with Gasteiger partial charge < -0.3 is 4.74 Å². The molecule has 0 radical (unpaired) electrons. The highest BCUT2D eigenvalue weighted by atomic mass is 16.5. The fourth-order valence-electron chi connectivity index (χ4n) is 2.69. The Bertz CT molecular complexity index is 783. The number of benzene rings is 1. The number of hydrogen-bond donors (Lipinski definition) is 0. The maximum absolute atomic E-state index is 5.18. The van der Waals surface area contributed by atoms with Gasteiger partial charge in [0.05, 0.1) is 26.0 Å². The molecule has 5 heteroatoms. The monoisotopic (exact) mass is 308 g/mol. The molecule has 5 nitrogen and oxygen atoms in total. The second kappa shape index (κ2) is 5.91. The van der Waals surface area contributed by atoms with E-state index in [2.05, 4.69) is 34.7 Å². The van der Waals surface area contributed by atoms with Crippen molar-refractivity contribution in [2.45, 2.75) is 25.9 Å². The van der Waals surface area contributed by atoms with Crippen LogP contribution in [0.5, 0.6) is 5.75 Å². The van der Waals surface area contributed by atoms with Gasteiger partial charge in [-0.2, -0.15) is 10.2 Å². The standard InChI is InChI=1S/C18H20N4O/c1-23-18-6-4-15(5-7-18)11-22-13-17(9-20-22)16-8-19-21(12-16)10-14-2-3-14/h4-9,12-14H,2-3,10-11H2,1H3. The first-order valence-corrected chi connectivity index (χ1v) is 7.98. The van der Waals surface area contributed by atoms with Crippen LogP contribution in [0.3, 0.4) is 0 Å². The zero-order valence-corrected chi connectivity index (χ0v) is 13.2. The van der Waals surface area contributed by atoms with Gasteiger partial charge in [-0.25, -0.2) is 0 Å². The lowest BCUT2D eigenvalue weighted by molar-refractivity contribution is 0.414. The van der Waals surface area contributed by atoms with Crippen molar-refractivity contribution >= 4 is 0 Å². The van der Waals surface area contributed by atoms with E-state index < -0.39 is 0 Å². The van der Waals surface area contributed by atoms with Crippen molar-refractivity contribution in [1.82, 2.24) is 19.6 Å². The minimum absolute atomic E-state index is 0.750. The van der Waals surface area contributed by atoms with Crippen LogP contribution in [0, 0.1) is 5.92 Å². The lowest BCUT2D eigenvalue weighted by atomic mass is 10.2. The van der Waals surface area contributed by atoms with Crippen molar-refractivity contribution in [3.05, 3.63) is 54.6 Å². The summed E-state index contributed by atoms with van der Waals surface area (Å²) >= 11 is 0. The molecule has 1 aromatic carbocycles. The summed E-state index contributed by atoms with van der Waals surface area (Å²) in [4.78, 5) is 0. The summed E-state index contributed by atoms with van der Waals surface area (Å²) in [6.07, 6.45) is 10.7. The van der Waals surface area contributed by atoms with Crippen LogP contribution in [0.1, 0.15) is 18.4 Å². The highest BCUT2D eigenvalue weighted by molar-refractivity contribution is 5.59. The van der Waals surface area contributed by atoms with E-state index in [0.29, 0.717) is 0 Å². The summed E-state index contributed by atoms with van der Waals surface area (Å²) in [5, 5.41) is 8.91. The molecular formula is C18H20N4O. The van der Waals surface area contributed by atoms with Crippen LogP contribution in [0.15, 0.2) is 49.1 Å².